The fourth-order valence-electron chi connectivity index (χ4n) is 2.01. The summed E-state index contributed by atoms with van der Waals surface area (Å²) in [6, 6.07) is 4.61. The Morgan fingerprint density at radius 2 is 2.16 bits per heavy atom. The Labute approximate surface area is 114 Å². The maximum atomic E-state index is 12.4. The first kappa shape index (κ1) is 14.1. The molecule has 0 aliphatic heterocycles. The smallest absolute Gasteiger partial charge is 0.244 e. The highest BCUT2D eigenvalue weighted by atomic mass is 32.2. The van der Waals surface area contributed by atoms with E-state index in [9.17, 15) is 8.42 Å². The number of hydrogen-bond donors (Lipinski definition) is 2. The molecule has 19 heavy (non-hydrogen) atoms. The van der Waals surface area contributed by atoms with Crippen LogP contribution < -0.4 is 15.2 Å². The molecule has 106 valence electrons. The summed E-state index contributed by atoms with van der Waals surface area (Å²) in [6.45, 7) is 4.11. The number of ether oxygens (including phenoxy) is 1. The molecule has 1 aliphatic rings. The van der Waals surface area contributed by atoms with Crippen LogP contribution in [0.2, 0.25) is 0 Å². The third-order valence-electron chi connectivity index (χ3n) is 3.23. The topological polar surface area (TPSA) is 81.4 Å². The maximum Gasteiger partial charge on any atom is 0.244 e. The molecule has 1 fully saturated rings. The summed E-state index contributed by atoms with van der Waals surface area (Å²) in [5.41, 5.74) is 6.08. The predicted molar refractivity (Wildman–Crippen MR) is 74.5 cm³/mol. The summed E-state index contributed by atoms with van der Waals surface area (Å²) < 4.78 is 32.8. The second kappa shape index (κ2) is 5.38. The predicted octanol–water partition coefficient (Wildman–Crippen LogP) is 1.74. The molecule has 6 heteroatoms. The largest absolute Gasteiger partial charge is 0.492 e. The zero-order valence-electron chi connectivity index (χ0n) is 11.2. The van der Waals surface area contributed by atoms with Gasteiger partial charge in [0.05, 0.1) is 6.61 Å². The molecule has 3 N–H and O–H groups in total. The number of sulfonamides is 1. The first-order valence-corrected chi connectivity index (χ1v) is 7.97. The molecule has 1 aromatic carbocycles. The van der Waals surface area contributed by atoms with Crippen molar-refractivity contribution in [1.29, 1.82) is 0 Å². The molecule has 0 heterocycles. The van der Waals surface area contributed by atoms with Gasteiger partial charge in [-0.2, -0.15) is 0 Å². The summed E-state index contributed by atoms with van der Waals surface area (Å²) in [5, 5.41) is 0. The van der Waals surface area contributed by atoms with Gasteiger partial charge in [-0.15, -0.1) is 0 Å². The van der Waals surface area contributed by atoms with Gasteiger partial charge >= 0.3 is 0 Å². The van der Waals surface area contributed by atoms with Crippen molar-refractivity contribution in [2.45, 2.75) is 37.6 Å². The normalized spacial score (nSPS) is 17.2. The fraction of sp³-hybridized carbons (Fsp3) is 0.538. The van der Waals surface area contributed by atoms with Crippen molar-refractivity contribution in [2.24, 2.45) is 5.92 Å². The van der Waals surface area contributed by atoms with Gasteiger partial charge in [-0.1, -0.05) is 0 Å². The van der Waals surface area contributed by atoms with Crippen LogP contribution in [-0.2, 0) is 10.0 Å². The average molecular weight is 284 g/mol. The Balaban J connectivity index is 2.29. The van der Waals surface area contributed by atoms with Crippen LogP contribution in [0.15, 0.2) is 23.1 Å². The van der Waals surface area contributed by atoms with Crippen LogP contribution in [0.1, 0.15) is 26.7 Å². The molecular formula is C13H20N2O3S. The van der Waals surface area contributed by atoms with Crippen LogP contribution in [0.3, 0.4) is 0 Å². The number of nitrogens with two attached hydrogens (primary N) is 1. The van der Waals surface area contributed by atoms with Crippen LogP contribution in [-0.4, -0.2) is 21.1 Å². The maximum absolute atomic E-state index is 12.4. The van der Waals surface area contributed by atoms with Gasteiger partial charge in [0.1, 0.15) is 10.6 Å². The van der Waals surface area contributed by atoms with Crippen LogP contribution in [0.25, 0.3) is 0 Å². The summed E-state index contributed by atoms with van der Waals surface area (Å²) in [5.74, 6) is 0.790. The molecule has 0 bridgehead atoms. The van der Waals surface area contributed by atoms with Crippen molar-refractivity contribution in [2.75, 3.05) is 12.3 Å². The quantitative estimate of drug-likeness (QED) is 0.780. The van der Waals surface area contributed by atoms with Gasteiger partial charge in [0.25, 0.3) is 0 Å². The summed E-state index contributed by atoms with van der Waals surface area (Å²) in [7, 11) is -3.59. The fourth-order valence-corrected chi connectivity index (χ4v) is 3.50. The minimum Gasteiger partial charge on any atom is -0.492 e. The number of anilines is 1. The molecular weight excluding hydrogens is 264 g/mol. The standard InChI is InChI=1S/C13H20N2O3S/c1-3-18-12-7-6-11(14)8-13(12)19(16,17)15-9(2)10-4-5-10/h6-10,15H,3-5,14H2,1-2H3. The van der Waals surface area contributed by atoms with Crippen LogP contribution >= 0.6 is 0 Å². The first-order chi connectivity index (χ1) is 8.94. The van der Waals surface area contributed by atoms with E-state index in [0.29, 0.717) is 24.0 Å². The molecule has 5 nitrogen and oxygen atoms in total. The Morgan fingerprint density at radius 1 is 1.47 bits per heavy atom. The van der Waals surface area contributed by atoms with Crippen LogP contribution in [0, 0.1) is 5.92 Å². The minimum absolute atomic E-state index is 0.0547. The zero-order chi connectivity index (χ0) is 14.0. The number of hydrogen-bond acceptors (Lipinski definition) is 4. The summed E-state index contributed by atoms with van der Waals surface area (Å²) >= 11 is 0. The molecule has 1 saturated carbocycles. The van der Waals surface area contributed by atoms with Crippen molar-refractivity contribution < 1.29 is 13.2 Å². The molecule has 1 aliphatic carbocycles. The van der Waals surface area contributed by atoms with E-state index in [1.807, 2.05) is 13.8 Å². The molecule has 0 amide bonds. The Kier molecular flexibility index (Phi) is 4.01. The van der Waals surface area contributed by atoms with Crippen molar-refractivity contribution in [1.82, 2.24) is 4.72 Å². The molecule has 2 rings (SSSR count). The summed E-state index contributed by atoms with van der Waals surface area (Å²) in [4.78, 5) is 0.113. The molecule has 0 aromatic heterocycles. The average Bonchev–Trinajstić information content (AvgIpc) is 3.15. The second-order valence-corrected chi connectivity index (χ2v) is 6.57. The van der Waals surface area contributed by atoms with Crippen molar-refractivity contribution in [3.63, 3.8) is 0 Å². The van der Waals surface area contributed by atoms with Crippen molar-refractivity contribution in [3.8, 4) is 5.75 Å². The molecule has 1 atom stereocenters. The lowest BCUT2D eigenvalue weighted by Crippen LogP contribution is -2.34. The molecule has 1 aromatic rings. The molecule has 0 saturated heterocycles. The van der Waals surface area contributed by atoms with E-state index >= 15 is 0 Å². The zero-order valence-corrected chi connectivity index (χ0v) is 12.0. The van der Waals surface area contributed by atoms with Crippen LogP contribution in [0.4, 0.5) is 5.69 Å². The lowest BCUT2D eigenvalue weighted by molar-refractivity contribution is 0.331. The van der Waals surface area contributed by atoms with E-state index in [0.717, 1.165) is 12.8 Å². The van der Waals surface area contributed by atoms with Gasteiger partial charge in [0, 0.05) is 11.7 Å². The first-order valence-electron chi connectivity index (χ1n) is 6.48. The van der Waals surface area contributed by atoms with Crippen molar-refractivity contribution >= 4 is 15.7 Å². The highest BCUT2D eigenvalue weighted by molar-refractivity contribution is 7.89. The monoisotopic (exact) mass is 284 g/mol. The van der Waals surface area contributed by atoms with Gasteiger partial charge < -0.3 is 10.5 Å². The van der Waals surface area contributed by atoms with Gasteiger partial charge in [-0.05, 0) is 50.8 Å². The summed E-state index contributed by atoms with van der Waals surface area (Å²) in [6.07, 6.45) is 2.16. The second-order valence-electron chi connectivity index (χ2n) is 4.89. The van der Waals surface area contributed by atoms with E-state index in [2.05, 4.69) is 4.72 Å². The lowest BCUT2D eigenvalue weighted by Gasteiger charge is -2.16. The SMILES string of the molecule is CCOc1ccc(N)cc1S(=O)(=O)NC(C)C1CC1. The van der Waals surface area contributed by atoms with Gasteiger partial charge in [0.2, 0.25) is 10.0 Å². The van der Waals surface area contributed by atoms with Gasteiger partial charge in [0.15, 0.2) is 0 Å². The Morgan fingerprint density at radius 3 is 2.74 bits per heavy atom. The number of rotatable bonds is 6. The third kappa shape index (κ3) is 3.39. The van der Waals surface area contributed by atoms with E-state index < -0.39 is 10.0 Å². The number of nitrogen functional groups attached to an aromatic ring is 1. The van der Waals surface area contributed by atoms with E-state index in [1.165, 1.54) is 6.07 Å². The number of nitrogens with one attached hydrogen (secondary N) is 1. The molecule has 0 spiro atoms. The number of benzene rings is 1. The molecule has 0 radical (unpaired) electrons. The van der Waals surface area contributed by atoms with Gasteiger partial charge in [-0.3, -0.25) is 0 Å². The highest BCUT2D eigenvalue weighted by Gasteiger charge is 2.32. The lowest BCUT2D eigenvalue weighted by atomic mass is 10.2. The molecule has 1 unspecified atom stereocenters. The minimum atomic E-state index is -3.59. The van der Waals surface area contributed by atoms with Crippen molar-refractivity contribution in [3.05, 3.63) is 18.2 Å². The van der Waals surface area contributed by atoms with E-state index in [-0.39, 0.29) is 10.9 Å². The van der Waals surface area contributed by atoms with E-state index in [4.69, 9.17) is 10.5 Å². The van der Waals surface area contributed by atoms with Crippen LogP contribution in [0.5, 0.6) is 5.75 Å². The highest BCUT2D eigenvalue weighted by Crippen LogP contribution is 2.34. The third-order valence-corrected chi connectivity index (χ3v) is 4.81. The van der Waals surface area contributed by atoms with E-state index in [1.54, 1.807) is 12.1 Å². The Hall–Kier alpha value is -1.27. The van der Waals surface area contributed by atoms with Gasteiger partial charge in [-0.25, -0.2) is 13.1 Å². The Bertz CT molecular complexity index is 553.